The fourth-order valence-electron chi connectivity index (χ4n) is 4.20. The largest absolute Gasteiger partial charge is 0.346 e. The predicted octanol–water partition coefficient (Wildman–Crippen LogP) is 2.67. The van der Waals surface area contributed by atoms with Gasteiger partial charge in [-0.05, 0) is 50.7 Å². The van der Waals surface area contributed by atoms with Crippen LogP contribution in [0.15, 0.2) is 24.3 Å². The van der Waals surface area contributed by atoms with Gasteiger partial charge in [-0.3, -0.25) is 4.79 Å². The summed E-state index contributed by atoms with van der Waals surface area (Å²) in [4.78, 5) is 12.9. The van der Waals surface area contributed by atoms with Gasteiger partial charge in [0.1, 0.15) is 0 Å². The Morgan fingerprint density at radius 2 is 2.00 bits per heavy atom. The van der Waals surface area contributed by atoms with Crippen molar-refractivity contribution in [2.75, 3.05) is 0 Å². The van der Waals surface area contributed by atoms with Crippen LogP contribution < -0.4 is 11.1 Å². The van der Waals surface area contributed by atoms with Gasteiger partial charge in [0.2, 0.25) is 0 Å². The lowest BCUT2D eigenvalue weighted by Gasteiger charge is -2.29. The summed E-state index contributed by atoms with van der Waals surface area (Å²) in [5.41, 5.74) is 11.3. The Morgan fingerprint density at radius 3 is 2.80 bits per heavy atom. The maximum Gasteiger partial charge on any atom is 0.272 e. The summed E-state index contributed by atoms with van der Waals surface area (Å²) < 4.78 is 1.98. The molecule has 2 atom stereocenters. The molecule has 2 aliphatic carbocycles. The molecule has 0 saturated heterocycles. The maximum absolute atomic E-state index is 12.9. The molecule has 2 aromatic rings. The monoisotopic (exact) mass is 338 g/mol. The highest BCUT2D eigenvalue weighted by Gasteiger charge is 2.30. The molecule has 1 aromatic heterocycles. The third kappa shape index (κ3) is 2.97. The smallest absolute Gasteiger partial charge is 0.272 e. The predicted molar refractivity (Wildman–Crippen MR) is 98.0 cm³/mol. The maximum atomic E-state index is 12.9. The van der Waals surface area contributed by atoms with Crippen LogP contribution in [0.25, 0.3) is 5.69 Å². The molecular formula is C20H26N4O. The molecule has 5 heteroatoms. The molecule has 2 aliphatic rings. The summed E-state index contributed by atoms with van der Waals surface area (Å²) in [6.07, 6.45) is 7.24. The van der Waals surface area contributed by atoms with Crippen molar-refractivity contribution in [3.8, 4) is 5.69 Å². The van der Waals surface area contributed by atoms with Crippen LogP contribution in [0.5, 0.6) is 0 Å². The van der Waals surface area contributed by atoms with Gasteiger partial charge in [-0.2, -0.15) is 5.10 Å². The first kappa shape index (κ1) is 16.3. The molecule has 0 unspecified atom stereocenters. The van der Waals surface area contributed by atoms with Crippen LogP contribution in [0, 0.1) is 6.92 Å². The SMILES string of the molecule is Cc1ccccc1-n1nc(C(=O)N[C@@H]2CCCC[C@H]2N)c2c1CCC2. The van der Waals surface area contributed by atoms with Crippen molar-refractivity contribution in [2.45, 2.75) is 64.0 Å². The number of carbonyl (C=O) groups excluding carboxylic acids is 1. The Bertz CT molecular complexity index is 795. The van der Waals surface area contributed by atoms with Gasteiger partial charge < -0.3 is 11.1 Å². The van der Waals surface area contributed by atoms with Crippen LogP contribution in [0.2, 0.25) is 0 Å². The highest BCUT2D eigenvalue weighted by Crippen LogP contribution is 2.29. The quantitative estimate of drug-likeness (QED) is 0.904. The van der Waals surface area contributed by atoms with Gasteiger partial charge in [0.25, 0.3) is 5.91 Å². The standard InChI is InChI=1S/C20H26N4O/c1-13-7-2-5-11-17(13)24-18-12-6-8-14(18)19(23-24)20(25)22-16-10-4-3-9-15(16)21/h2,5,7,11,15-16H,3-4,6,8-10,12,21H2,1H3,(H,22,25)/t15-,16-/m1/s1. The van der Waals surface area contributed by atoms with Gasteiger partial charge >= 0.3 is 0 Å². The third-order valence-corrected chi connectivity index (χ3v) is 5.62. The minimum atomic E-state index is -0.0622. The van der Waals surface area contributed by atoms with E-state index >= 15 is 0 Å². The second-order valence-electron chi connectivity index (χ2n) is 7.35. The van der Waals surface area contributed by atoms with Crippen molar-refractivity contribution >= 4 is 5.91 Å². The van der Waals surface area contributed by atoms with Crippen LogP contribution in [-0.4, -0.2) is 27.8 Å². The first-order chi connectivity index (χ1) is 12.1. The number of nitrogens with two attached hydrogens (primary N) is 1. The Morgan fingerprint density at radius 1 is 1.20 bits per heavy atom. The number of hydrogen-bond donors (Lipinski definition) is 2. The Labute approximate surface area is 148 Å². The van der Waals surface area contributed by atoms with E-state index < -0.39 is 0 Å². The molecule has 1 saturated carbocycles. The second kappa shape index (κ2) is 6.64. The highest BCUT2D eigenvalue weighted by molar-refractivity contribution is 5.94. The molecule has 0 radical (unpaired) electrons. The minimum absolute atomic E-state index is 0.0594. The molecule has 1 amide bonds. The van der Waals surface area contributed by atoms with Gasteiger partial charge in [-0.1, -0.05) is 31.0 Å². The first-order valence-corrected chi connectivity index (χ1v) is 9.38. The van der Waals surface area contributed by atoms with E-state index in [0.717, 1.165) is 56.2 Å². The molecule has 5 nitrogen and oxygen atoms in total. The fourth-order valence-corrected chi connectivity index (χ4v) is 4.20. The number of benzene rings is 1. The molecule has 132 valence electrons. The van der Waals surface area contributed by atoms with E-state index in [-0.39, 0.29) is 18.0 Å². The summed E-state index contributed by atoms with van der Waals surface area (Å²) in [6.45, 7) is 2.08. The van der Waals surface area contributed by atoms with Gasteiger partial charge in [0.15, 0.2) is 5.69 Å². The van der Waals surface area contributed by atoms with Gasteiger partial charge in [-0.25, -0.2) is 4.68 Å². The topological polar surface area (TPSA) is 72.9 Å². The second-order valence-corrected chi connectivity index (χ2v) is 7.35. The van der Waals surface area contributed by atoms with E-state index in [9.17, 15) is 4.79 Å². The Hall–Kier alpha value is -2.14. The van der Waals surface area contributed by atoms with Crippen molar-refractivity contribution in [3.05, 3.63) is 46.8 Å². The van der Waals surface area contributed by atoms with Crippen LogP contribution >= 0.6 is 0 Å². The molecule has 1 heterocycles. The summed E-state index contributed by atoms with van der Waals surface area (Å²) in [6, 6.07) is 8.33. The zero-order chi connectivity index (χ0) is 17.4. The summed E-state index contributed by atoms with van der Waals surface area (Å²) >= 11 is 0. The number of hydrogen-bond acceptors (Lipinski definition) is 3. The summed E-state index contributed by atoms with van der Waals surface area (Å²) in [5.74, 6) is -0.0622. The van der Waals surface area contributed by atoms with Crippen LogP contribution in [-0.2, 0) is 12.8 Å². The Kier molecular flexibility index (Phi) is 4.34. The molecule has 0 spiro atoms. The van der Waals surface area contributed by atoms with Crippen LogP contribution in [0.3, 0.4) is 0 Å². The lowest BCUT2D eigenvalue weighted by molar-refractivity contribution is 0.0915. The molecule has 0 aliphatic heterocycles. The molecule has 25 heavy (non-hydrogen) atoms. The normalized spacial score (nSPS) is 22.6. The molecule has 3 N–H and O–H groups in total. The Balaban J connectivity index is 1.66. The first-order valence-electron chi connectivity index (χ1n) is 9.38. The van der Waals surface area contributed by atoms with E-state index in [1.807, 2.05) is 16.8 Å². The van der Waals surface area contributed by atoms with Gasteiger partial charge in [-0.15, -0.1) is 0 Å². The van der Waals surface area contributed by atoms with Crippen LogP contribution in [0.1, 0.15) is 59.4 Å². The fraction of sp³-hybridized carbons (Fsp3) is 0.500. The number of nitrogens with one attached hydrogen (secondary N) is 1. The molecule has 1 aromatic carbocycles. The van der Waals surface area contributed by atoms with Crippen molar-refractivity contribution in [1.82, 2.24) is 15.1 Å². The zero-order valence-electron chi connectivity index (χ0n) is 14.8. The number of nitrogens with zero attached hydrogens (tertiary/aromatic N) is 2. The number of para-hydroxylation sites is 1. The number of rotatable bonds is 3. The molecule has 1 fully saturated rings. The van der Waals surface area contributed by atoms with E-state index in [4.69, 9.17) is 10.8 Å². The van der Waals surface area contributed by atoms with Crippen molar-refractivity contribution in [1.29, 1.82) is 0 Å². The number of aromatic nitrogens is 2. The van der Waals surface area contributed by atoms with Crippen molar-refractivity contribution in [2.24, 2.45) is 5.73 Å². The lowest BCUT2D eigenvalue weighted by Crippen LogP contribution is -2.49. The number of carbonyl (C=O) groups is 1. The zero-order valence-corrected chi connectivity index (χ0v) is 14.8. The lowest BCUT2D eigenvalue weighted by atomic mass is 9.91. The number of aryl methyl sites for hydroxylation is 1. The van der Waals surface area contributed by atoms with Crippen molar-refractivity contribution < 1.29 is 4.79 Å². The van der Waals surface area contributed by atoms with E-state index in [1.54, 1.807) is 0 Å². The van der Waals surface area contributed by atoms with Gasteiger partial charge in [0, 0.05) is 23.3 Å². The van der Waals surface area contributed by atoms with Crippen molar-refractivity contribution in [3.63, 3.8) is 0 Å². The summed E-state index contributed by atoms with van der Waals surface area (Å²) in [7, 11) is 0. The average Bonchev–Trinajstić information content (AvgIpc) is 3.20. The number of amides is 1. The van der Waals surface area contributed by atoms with Gasteiger partial charge in [0.05, 0.1) is 5.69 Å². The van der Waals surface area contributed by atoms with E-state index in [0.29, 0.717) is 5.69 Å². The molecule has 0 bridgehead atoms. The average molecular weight is 338 g/mol. The highest BCUT2D eigenvalue weighted by atomic mass is 16.2. The van der Waals surface area contributed by atoms with E-state index in [1.165, 1.54) is 11.3 Å². The molecule has 4 rings (SSSR count). The van der Waals surface area contributed by atoms with Crippen LogP contribution in [0.4, 0.5) is 0 Å². The minimum Gasteiger partial charge on any atom is -0.346 e. The third-order valence-electron chi connectivity index (χ3n) is 5.62. The molecular weight excluding hydrogens is 312 g/mol. The summed E-state index contributed by atoms with van der Waals surface area (Å²) in [5, 5.41) is 7.87. The number of fused-ring (bicyclic) bond motifs is 1. The van der Waals surface area contributed by atoms with E-state index in [2.05, 4.69) is 24.4 Å².